The molecule has 0 saturated heterocycles. The molecule has 0 atom stereocenters. The molecule has 0 radical (unpaired) electrons. The molecule has 0 aliphatic rings. The minimum absolute atomic E-state index is 0.0101. The first-order chi connectivity index (χ1) is 9.77. The van der Waals surface area contributed by atoms with Gasteiger partial charge in [0.15, 0.2) is 15.1 Å². The number of methoxy groups -OCH3 is 1. The molecule has 2 heterocycles. The lowest BCUT2D eigenvalue weighted by Crippen LogP contribution is -2.35. The Morgan fingerprint density at radius 1 is 1.52 bits per heavy atom. The van der Waals surface area contributed by atoms with Gasteiger partial charge in [0.25, 0.3) is 10.0 Å². The summed E-state index contributed by atoms with van der Waals surface area (Å²) in [6, 6.07) is 0. The van der Waals surface area contributed by atoms with Crippen molar-refractivity contribution in [3.05, 3.63) is 16.7 Å². The zero-order chi connectivity index (χ0) is 15.7. The average molecular weight is 352 g/mol. The number of nitrogens with one attached hydrogen (secondary N) is 1. The third kappa shape index (κ3) is 3.75. The van der Waals surface area contributed by atoms with Gasteiger partial charge in [-0.2, -0.15) is 0 Å². The van der Waals surface area contributed by atoms with Gasteiger partial charge in [-0.05, 0) is 11.8 Å². The number of sulfonamides is 1. The summed E-state index contributed by atoms with van der Waals surface area (Å²) < 4.78 is 34.1. The number of hydrogen-bond acceptors (Lipinski definition) is 5. The molecule has 9 heteroatoms. The van der Waals surface area contributed by atoms with Crippen LogP contribution in [0.4, 0.5) is 0 Å². The van der Waals surface area contributed by atoms with Crippen LogP contribution in [0.25, 0.3) is 4.96 Å². The first kappa shape index (κ1) is 16.7. The van der Waals surface area contributed by atoms with E-state index < -0.39 is 10.0 Å². The highest BCUT2D eigenvalue weighted by atomic mass is 35.5. The fraction of sp³-hybridized carbons (Fsp3) is 0.583. The number of nitrogens with zero attached hydrogens (tertiary/aromatic N) is 2. The maximum absolute atomic E-state index is 12.5. The van der Waals surface area contributed by atoms with Crippen molar-refractivity contribution in [1.82, 2.24) is 14.1 Å². The van der Waals surface area contributed by atoms with Crippen molar-refractivity contribution >= 4 is 37.9 Å². The Labute approximate surface area is 133 Å². The lowest BCUT2D eigenvalue weighted by atomic mass is 9.90. The molecule has 0 aliphatic heterocycles. The van der Waals surface area contributed by atoms with Gasteiger partial charge in [-0.3, -0.25) is 4.40 Å². The zero-order valence-electron chi connectivity index (χ0n) is 12.1. The van der Waals surface area contributed by atoms with Crippen LogP contribution < -0.4 is 4.72 Å². The van der Waals surface area contributed by atoms with Crippen LogP contribution in [0.3, 0.4) is 0 Å². The topological polar surface area (TPSA) is 72.7 Å². The standard InChI is InChI=1S/C12H18ClN3O3S2/c1-12(2,4-6-19-3)8-14-21(17,18)10-9(13)15-11-16(10)5-7-20-11/h5,7,14H,4,6,8H2,1-3H3. The molecule has 0 amide bonds. The third-order valence-electron chi connectivity index (χ3n) is 3.16. The Morgan fingerprint density at radius 3 is 2.90 bits per heavy atom. The van der Waals surface area contributed by atoms with Crippen LogP contribution in [-0.4, -0.2) is 38.1 Å². The fourth-order valence-electron chi connectivity index (χ4n) is 1.80. The molecule has 0 unspecified atom stereocenters. The first-order valence-corrected chi connectivity index (χ1v) is 9.10. The molecular weight excluding hydrogens is 334 g/mol. The van der Waals surface area contributed by atoms with Gasteiger partial charge in [0.05, 0.1) is 0 Å². The summed E-state index contributed by atoms with van der Waals surface area (Å²) in [6.07, 6.45) is 2.39. The van der Waals surface area contributed by atoms with Crippen LogP contribution in [0.2, 0.25) is 5.15 Å². The van der Waals surface area contributed by atoms with Crippen molar-refractivity contribution < 1.29 is 13.2 Å². The van der Waals surface area contributed by atoms with Crippen molar-refractivity contribution in [2.75, 3.05) is 20.3 Å². The summed E-state index contributed by atoms with van der Waals surface area (Å²) >= 11 is 7.29. The second kappa shape index (κ2) is 6.21. The van der Waals surface area contributed by atoms with Crippen molar-refractivity contribution in [3.63, 3.8) is 0 Å². The van der Waals surface area contributed by atoms with Gasteiger partial charge in [0.1, 0.15) is 0 Å². The van der Waals surface area contributed by atoms with Crippen LogP contribution in [0.5, 0.6) is 0 Å². The summed E-state index contributed by atoms with van der Waals surface area (Å²) in [5.74, 6) is 0. The lowest BCUT2D eigenvalue weighted by Gasteiger charge is -2.24. The quantitative estimate of drug-likeness (QED) is 0.831. The molecule has 0 aliphatic carbocycles. The monoisotopic (exact) mass is 351 g/mol. The maximum Gasteiger partial charge on any atom is 0.259 e. The van der Waals surface area contributed by atoms with Crippen LogP contribution in [0.15, 0.2) is 16.6 Å². The molecule has 0 spiro atoms. The van der Waals surface area contributed by atoms with Gasteiger partial charge in [0, 0.05) is 31.8 Å². The van der Waals surface area contributed by atoms with Crippen LogP contribution >= 0.6 is 22.9 Å². The predicted molar refractivity (Wildman–Crippen MR) is 83.5 cm³/mol. The van der Waals surface area contributed by atoms with E-state index >= 15 is 0 Å². The van der Waals surface area contributed by atoms with E-state index in [1.165, 1.54) is 15.7 Å². The molecule has 0 aromatic carbocycles. The highest BCUT2D eigenvalue weighted by molar-refractivity contribution is 7.89. The minimum Gasteiger partial charge on any atom is -0.385 e. The largest absolute Gasteiger partial charge is 0.385 e. The molecule has 0 saturated carbocycles. The molecule has 6 nitrogen and oxygen atoms in total. The highest BCUT2D eigenvalue weighted by Gasteiger charge is 2.27. The van der Waals surface area contributed by atoms with Gasteiger partial charge in [-0.1, -0.05) is 25.4 Å². The molecule has 2 aromatic rings. The Kier molecular flexibility index (Phi) is 4.94. The first-order valence-electron chi connectivity index (χ1n) is 6.36. The number of imidazole rings is 1. The number of halogens is 1. The molecule has 2 rings (SSSR count). The fourth-order valence-corrected chi connectivity index (χ4v) is 4.49. The highest BCUT2D eigenvalue weighted by Crippen LogP contribution is 2.26. The van der Waals surface area contributed by atoms with E-state index in [2.05, 4.69) is 9.71 Å². The summed E-state index contributed by atoms with van der Waals surface area (Å²) in [7, 11) is -2.09. The summed E-state index contributed by atoms with van der Waals surface area (Å²) in [5.41, 5.74) is -0.214. The number of hydrogen-bond donors (Lipinski definition) is 1. The van der Waals surface area contributed by atoms with Gasteiger partial charge < -0.3 is 4.74 Å². The van der Waals surface area contributed by atoms with E-state index in [9.17, 15) is 8.42 Å². The SMILES string of the molecule is COCCC(C)(C)CNS(=O)(=O)c1c(Cl)nc2sccn12. The smallest absolute Gasteiger partial charge is 0.259 e. The molecule has 2 aromatic heterocycles. The Balaban J connectivity index is 2.19. The van der Waals surface area contributed by atoms with E-state index in [1.807, 2.05) is 13.8 Å². The maximum atomic E-state index is 12.5. The normalized spacial score (nSPS) is 13.1. The molecule has 21 heavy (non-hydrogen) atoms. The van der Waals surface area contributed by atoms with E-state index in [-0.39, 0.29) is 15.6 Å². The molecule has 1 N–H and O–H groups in total. The average Bonchev–Trinajstić information content (AvgIpc) is 2.93. The lowest BCUT2D eigenvalue weighted by molar-refractivity contribution is 0.153. The number of thiazole rings is 1. The Morgan fingerprint density at radius 2 is 2.24 bits per heavy atom. The summed E-state index contributed by atoms with van der Waals surface area (Å²) in [6.45, 7) is 4.84. The number of aromatic nitrogens is 2. The van der Waals surface area contributed by atoms with Gasteiger partial charge in [0.2, 0.25) is 0 Å². The van der Waals surface area contributed by atoms with E-state index in [4.69, 9.17) is 16.3 Å². The van der Waals surface area contributed by atoms with Crippen LogP contribution in [-0.2, 0) is 14.8 Å². The Hall–Kier alpha value is -0.670. The van der Waals surface area contributed by atoms with Gasteiger partial charge in [-0.25, -0.2) is 18.1 Å². The summed E-state index contributed by atoms with van der Waals surface area (Å²) in [4.78, 5) is 4.60. The molecule has 0 bridgehead atoms. The van der Waals surface area contributed by atoms with Gasteiger partial charge in [-0.15, -0.1) is 11.3 Å². The molecule has 0 fully saturated rings. The van der Waals surface area contributed by atoms with Crippen LogP contribution in [0.1, 0.15) is 20.3 Å². The number of rotatable bonds is 7. The second-order valence-electron chi connectivity index (χ2n) is 5.49. The number of ether oxygens (including phenoxy) is 1. The zero-order valence-corrected chi connectivity index (χ0v) is 14.5. The summed E-state index contributed by atoms with van der Waals surface area (Å²) in [5, 5.41) is 1.74. The molecule has 118 valence electrons. The second-order valence-corrected chi connectivity index (χ2v) is 8.41. The predicted octanol–water partition coefficient (Wildman–Crippen LogP) is 2.39. The number of fused-ring (bicyclic) bond motifs is 1. The minimum atomic E-state index is -3.72. The van der Waals surface area contributed by atoms with E-state index in [0.717, 1.165) is 6.42 Å². The van der Waals surface area contributed by atoms with E-state index in [0.29, 0.717) is 18.1 Å². The molecular formula is C12H18ClN3O3S2. The van der Waals surface area contributed by atoms with Crippen molar-refractivity contribution in [1.29, 1.82) is 0 Å². The Bertz CT molecular complexity index is 721. The van der Waals surface area contributed by atoms with Crippen molar-refractivity contribution in [2.24, 2.45) is 5.41 Å². The van der Waals surface area contributed by atoms with E-state index in [1.54, 1.807) is 18.7 Å². The van der Waals surface area contributed by atoms with Crippen molar-refractivity contribution in [3.8, 4) is 0 Å². The van der Waals surface area contributed by atoms with Crippen molar-refractivity contribution in [2.45, 2.75) is 25.3 Å². The third-order valence-corrected chi connectivity index (χ3v) is 5.71. The van der Waals surface area contributed by atoms with Gasteiger partial charge >= 0.3 is 0 Å². The van der Waals surface area contributed by atoms with Crippen LogP contribution in [0, 0.1) is 5.41 Å².